The van der Waals surface area contributed by atoms with Crippen LogP contribution in [0.15, 0.2) is 22.0 Å². The molecule has 0 aliphatic carbocycles. The van der Waals surface area contributed by atoms with Gasteiger partial charge in [0.1, 0.15) is 10.4 Å². The molecule has 0 aliphatic rings. The zero-order chi connectivity index (χ0) is 11.1. The molecule has 0 spiro atoms. The van der Waals surface area contributed by atoms with Crippen molar-refractivity contribution in [2.45, 2.75) is 13.3 Å². The highest BCUT2D eigenvalue weighted by Crippen LogP contribution is 2.40. The summed E-state index contributed by atoms with van der Waals surface area (Å²) in [5.74, 6) is 0. The highest BCUT2D eigenvalue weighted by Gasteiger charge is 2.18. The van der Waals surface area contributed by atoms with Crippen LogP contribution in [0.25, 0.3) is 20.9 Å². The van der Waals surface area contributed by atoms with Crippen molar-refractivity contribution < 1.29 is 4.52 Å². The van der Waals surface area contributed by atoms with E-state index in [4.69, 9.17) is 10.3 Å². The zero-order valence-electron chi connectivity index (χ0n) is 8.69. The molecule has 0 aliphatic heterocycles. The van der Waals surface area contributed by atoms with Crippen LogP contribution < -0.4 is 5.73 Å². The van der Waals surface area contributed by atoms with Crippen molar-refractivity contribution in [2.24, 2.45) is 0 Å². The average Bonchev–Trinajstić information content (AvgIpc) is 2.96. The van der Waals surface area contributed by atoms with Crippen molar-refractivity contribution in [2.75, 3.05) is 5.73 Å². The van der Waals surface area contributed by atoms with E-state index in [9.17, 15) is 0 Å². The van der Waals surface area contributed by atoms with E-state index in [1.54, 1.807) is 22.7 Å². The normalized spacial score (nSPS) is 11.3. The highest BCUT2D eigenvalue weighted by atomic mass is 32.1. The van der Waals surface area contributed by atoms with Gasteiger partial charge in [0.15, 0.2) is 0 Å². The third-order valence-corrected chi connectivity index (χ3v) is 4.71. The maximum atomic E-state index is 6.00. The lowest BCUT2D eigenvalue weighted by Crippen LogP contribution is -1.85. The lowest BCUT2D eigenvalue weighted by atomic mass is 10.3. The van der Waals surface area contributed by atoms with E-state index in [1.165, 1.54) is 4.88 Å². The van der Waals surface area contributed by atoms with E-state index in [1.807, 2.05) is 17.5 Å². The number of nitrogen functional groups attached to an aromatic ring is 1. The predicted octanol–water partition coefficient (Wildman–Crippen LogP) is 3.76. The average molecular weight is 250 g/mol. The summed E-state index contributed by atoms with van der Waals surface area (Å²) in [4.78, 5) is 2.30. The molecule has 0 unspecified atom stereocenters. The fraction of sp³-hybridized carbons (Fsp3) is 0.182. The van der Waals surface area contributed by atoms with E-state index < -0.39 is 0 Å². The van der Waals surface area contributed by atoms with Crippen molar-refractivity contribution in [3.63, 3.8) is 0 Å². The number of hydrogen-bond donors (Lipinski definition) is 1. The smallest absolute Gasteiger partial charge is 0.201 e. The van der Waals surface area contributed by atoms with Gasteiger partial charge in [-0.1, -0.05) is 18.1 Å². The Balaban J connectivity index is 2.28. The maximum Gasteiger partial charge on any atom is 0.201 e. The van der Waals surface area contributed by atoms with Gasteiger partial charge in [0.2, 0.25) is 5.58 Å². The molecule has 0 fully saturated rings. The van der Waals surface area contributed by atoms with Crippen LogP contribution in [-0.4, -0.2) is 5.16 Å². The molecule has 3 aromatic rings. The number of anilines is 1. The molecular formula is C11H10N2OS2. The summed E-state index contributed by atoms with van der Waals surface area (Å²) in [6, 6.07) is 4.06. The Hall–Kier alpha value is -1.33. The molecule has 0 atom stereocenters. The Morgan fingerprint density at radius 2 is 2.38 bits per heavy atom. The second-order valence-electron chi connectivity index (χ2n) is 3.46. The van der Waals surface area contributed by atoms with Gasteiger partial charge in [-0.15, -0.1) is 22.7 Å². The first-order chi connectivity index (χ1) is 7.81. The first-order valence-corrected chi connectivity index (χ1v) is 6.71. The van der Waals surface area contributed by atoms with Crippen molar-refractivity contribution in [3.8, 4) is 10.6 Å². The van der Waals surface area contributed by atoms with E-state index in [-0.39, 0.29) is 0 Å². The molecule has 16 heavy (non-hydrogen) atoms. The summed E-state index contributed by atoms with van der Waals surface area (Å²) in [5.41, 5.74) is 8.40. The molecule has 0 aromatic carbocycles. The van der Waals surface area contributed by atoms with Crippen LogP contribution in [0.5, 0.6) is 0 Å². The van der Waals surface area contributed by atoms with Crippen LogP contribution >= 0.6 is 22.7 Å². The molecule has 3 rings (SSSR count). The van der Waals surface area contributed by atoms with Crippen molar-refractivity contribution in [1.29, 1.82) is 0 Å². The minimum Gasteiger partial charge on any atom is -0.395 e. The SMILES string of the molecule is CCc1sc2c(-c3cccs3)noc2c1N. The molecule has 0 saturated carbocycles. The zero-order valence-corrected chi connectivity index (χ0v) is 10.3. The molecule has 3 aromatic heterocycles. The third kappa shape index (κ3) is 1.28. The van der Waals surface area contributed by atoms with Gasteiger partial charge in [0, 0.05) is 4.88 Å². The molecule has 82 valence electrons. The number of fused-ring (bicyclic) bond motifs is 1. The monoisotopic (exact) mass is 250 g/mol. The topological polar surface area (TPSA) is 52.0 Å². The number of rotatable bonds is 2. The molecule has 3 heterocycles. The quantitative estimate of drug-likeness (QED) is 0.753. The summed E-state index contributed by atoms with van der Waals surface area (Å²) < 4.78 is 6.39. The molecule has 2 N–H and O–H groups in total. The Morgan fingerprint density at radius 1 is 1.50 bits per heavy atom. The lowest BCUT2D eigenvalue weighted by molar-refractivity contribution is 0.460. The fourth-order valence-corrected chi connectivity index (χ4v) is 3.54. The Morgan fingerprint density at radius 3 is 3.06 bits per heavy atom. The second-order valence-corrected chi connectivity index (χ2v) is 5.51. The van der Waals surface area contributed by atoms with Crippen molar-refractivity contribution >= 4 is 38.6 Å². The summed E-state index contributed by atoms with van der Waals surface area (Å²) in [7, 11) is 0. The summed E-state index contributed by atoms with van der Waals surface area (Å²) in [6.07, 6.45) is 0.935. The first-order valence-electron chi connectivity index (χ1n) is 5.01. The van der Waals surface area contributed by atoms with Crippen molar-refractivity contribution in [1.82, 2.24) is 5.16 Å². The second kappa shape index (κ2) is 3.61. The first kappa shape index (κ1) is 9.86. The van der Waals surface area contributed by atoms with Gasteiger partial charge in [-0.25, -0.2) is 0 Å². The Kier molecular flexibility index (Phi) is 2.22. The minimum absolute atomic E-state index is 0.741. The maximum absolute atomic E-state index is 6.00. The Bertz CT molecular complexity index is 622. The van der Waals surface area contributed by atoms with Gasteiger partial charge >= 0.3 is 0 Å². The number of thiophene rings is 2. The molecule has 0 radical (unpaired) electrons. The van der Waals surface area contributed by atoms with Gasteiger partial charge < -0.3 is 10.3 Å². The summed E-state index contributed by atoms with van der Waals surface area (Å²) in [6.45, 7) is 2.10. The number of nitrogens with zero attached hydrogens (tertiary/aromatic N) is 1. The summed E-state index contributed by atoms with van der Waals surface area (Å²) in [5, 5.41) is 6.14. The standard InChI is InChI=1S/C11H10N2OS2/c1-2-6-8(12)10-11(16-6)9(13-14-10)7-4-3-5-15-7/h3-5H,2,12H2,1H3. The van der Waals surface area contributed by atoms with Gasteiger partial charge in [0.25, 0.3) is 0 Å². The van der Waals surface area contributed by atoms with Crippen LogP contribution in [0.3, 0.4) is 0 Å². The molecule has 0 bridgehead atoms. The van der Waals surface area contributed by atoms with Crippen LogP contribution in [0, 0.1) is 0 Å². The Labute approximate surface area is 100 Å². The number of hydrogen-bond acceptors (Lipinski definition) is 5. The molecule has 0 saturated heterocycles. The highest BCUT2D eigenvalue weighted by molar-refractivity contribution is 7.21. The third-order valence-electron chi connectivity index (χ3n) is 2.50. The lowest BCUT2D eigenvalue weighted by Gasteiger charge is -1.90. The largest absolute Gasteiger partial charge is 0.395 e. The van der Waals surface area contributed by atoms with Crippen LogP contribution in [0.1, 0.15) is 11.8 Å². The van der Waals surface area contributed by atoms with Crippen molar-refractivity contribution in [3.05, 3.63) is 22.4 Å². The molecule has 0 amide bonds. The van der Waals surface area contributed by atoms with Crippen LogP contribution in [0.4, 0.5) is 5.69 Å². The van der Waals surface area contributed by atoms with E-state index in [0.29, 0.717) is 0 Å². The predicted molar refractivity (Wildman–Crippen MR) is 69.0 cm³/mol. The van der Waals surface area contributed by atoms with E-state index in [2.05, 4.69) is 12.1 Å². The van der Waals surface area contributed by atoms with E-state index in [0.717, 1.165) is 33.0 Å². The number of aromatic nitrogens is 1. The molecule has 3 nitrogen and oxygen atoms in total. The van der Waals surface area contributed by atoms with Crippen LogP contribution in [-0.2, 0) is 6.42 Å². The van der Waals surface area contributed by atoms with Gasteiger partial charge in [-0.05, 0) is 17.9 Å². The summed E-state index contributed by atoms with van der Waals surface area (Å²) >= 11 is 3.34. The molecular weight excluding hydrogens is 240 g/mol. The molecule has 5 heteroatoms. The minimum atomic E-state index is 0.741. The fourth-order valence-electron chi connectivity index (χ4n) is 1.69. The van der Waals surface area contributed by atoms with Gasteiger partial charge in [-0.2, -0.15) is 0 Å². The van der Waals surface area contributed by atoms with Gasteiger partial charge in [-0.3, -0.25) is 0 Å². The number of nitrogens with two attached hydrogens (primary N) is 1. The van der Waals surface area contributed by atoms with E-state index >= 15 is 0 Å². The van der Waals surface area contributed by atoms with Gasteiger partial charge in [0.05, 0.1) is 10.6 Å². The van der Waals surface area contributed by atoms with Crippen LogP contribution in [0.2, 0.25) is 0 Å². The number of aryl methyl sites for hydroxylation is 1.